The third kappa shape index (κ3) is 5.28. The van der Waals surface area contributed by atoms with Gasteiger partial charge in [0.05, 0.1) is 36.4 Å². The van der Waals surface area contributed by atoms with E-state index in [4.69, 9.17) is 9.47 Å². The van der Waals surface area contributed by atoms with Gasteiger partial charge in [-0.05, 0) is 24.3 Å². The van der Waals surface area contributed by atoms with Crippen LogP contribution in [-0.2, 0) is 13.6 Å². The molecule has 0 atom stereocenters. The monoisotopic (exact) mass is 572 g/mol. The average molecular weight is 573 g/mol. The lowest BCUT2D eigenvalue weighted by molar-refractivity contribution is -0.0494. The first-order valence-electron chi connectivity index (χ1n) is 10.9. The van der Waals surface area contributed by atoms with Crippen LogP contribution in [0.4, 0.5) is 14.5 Å². The second-order valence-electron chi connectivity index (χ2n) is 7.73. The third-order valence-corrected chi connectivity index (χ3v) is 5.54. The predicted octanol–water partition coefficient (Wildman–Crippen LogP) is 4.37. The molecule has 0 radical (unpaired) electrons. The van der Waals surface area contributed by atoms with Gasteiger partial charge in [0.15, 0.2) is 11.4 Å². The number of carbonyl (C=O) groups excluding carboxylic acids is 1. The Balaban J connectivity index is 1.49. The topological polar surface area (TPSA) is 113 Å². The molecule has 11 nitrogen and oxygen atoms in total. The molecule has 4 aromatic heterocycles. The predicted molar refractivity (Wildman–Crippen MR) is 132 cm³/mol. The molecule has 0 aliphatic rings. The molecular formula is C23H19BrF2N8O3. The minimum atomic E-state index is -3.07. The minimum Gasteiger partial charge on any atom is -0.454 e. The molecule has 0 aliphatic heterocycles. The van der Waals surface area contributed by atoms with Gasteiger partial charge >= 0.3 is 6.61 Å². The molecule has 0 bridgehead atoms. The van der Waals surface area contributed by atoms with Crippen LogP contribution in [0, 0.1) is 0 Å². The van der Waals surface area contributed by atoms with E-state index in [-0.39, 0.29) is 28.3 Å². The molecule has 1 N–H and O–H groups in total. The fourth-order valence-electron chi connectivity index (χ4n) is 3.65. The van der Waals surface area contributed by atoms with Crippen LogP contribution in [0.15, 0.2) is 61.4 Å². The summed E-state index contributed by atoms with van der Waals surface area (Å²) in [6.45, 7) is -2.42. The van der Waals surface area contributed by atoms with Gasteiger partial charge < -0.3 is 14.8 Å². The Morgan fingerprint density at radius 1 is 1.19 bits per heavy atom. The standard InChI is InChI=1S/C23H19BrF2N8O3/c1-32-13-18(30-22(35)17-11-29-34-7-2-6-27-21(17)34)20(31-32)16-9-14(3-4-19(16)37-23(25)26)36-15-10-28-33(12-15)8-5-24/h2-4,6-7,9-13,23H,5,8H2,1H3,(H,30,35). The zero-order valence-corrected chi connectivity index (χ0v) is 20.8. The molecule has 1 amide bonds. The molecule has 0 spiro atoms. The van der Waals surface area contributed by atoms with Crippen molar-refractivity contribution in [2.45, 2.75) is 13.2 Å². The number of rotatable bonds is 9. The van der Waals surface area contributed by atoms with Crippen molar-refractivity contribution >= 4 is 33.2 Å². The lowest BCUT2D eigenvalue weighted by atomic mass is 10.1. The van der Waals surface area contributed by atoms with Gasteiger partial charge in [0.1, 0.15) is 22.8 Å². The van der Waals surface area contributed by atoms with Crippen LogP contribution < -0.4 is 14.8 Å². The molecule has 5 rings (SSSR count). The molecule has 37 heavy (non-hydrogen) atoms. The van der Waals surface area contributed by atoms with E-state index < -0.39 is 12.5 Å². The summed E-state index contributed by atoms with van der Waals surface area (Å²) in [7, 11) is 1.64. The van der Waals surface area contributed by atoms with Crippen LogP contribution in [0.2, 0.25) is 0 Å². The number of fused-ring (bicyclic) bond motifs is 1. The minimum absolute atomic E-state index is 0.135. The molecule has 1 aromatic carbocycles. The fourth-order valence-corrected chi connectivity index (χ4v) is 4.02. The number of alkyl halides is 3. The van der Waals surface area contributed by atoms with E-state index >= 15 is 0 Å². The van der Waals surface area contributed by atoms with Gasteiger partial charge in [-0.25, -0.2) is 9.50 Å². The third-order valence-electron chi connectivity index (χ3n) is 5.18. The smallest absolute Gasteiger partial charge is 0.387 e. The molecule has 14 heteroatoms. The zero-order chi connectivity index (χ0) is 25.9. The van der Waals surface area contributed by atoms with Crippen LogP contribution in [0.3, 0.4) is 0 Å². The number of carbonyl (C=O) groups is 1. The SMILES string of the molecule is Cn1cc(NC(=O)c2cnn3cccnc23)c(-c2cc(Oc3cnn(CCBr)c3)ccc2OC(F)F)n1. The van der Waals surface area contributed by atoms with Crippen molar-refractivity contribution in [1.82, 2.24) is 34.2 Å². The maximum absolute atomic E-state index is 13.2. The van der Waals surface area contributed by atoms with Crippen LogP contribution in [0.5, 0.6) is 17.2 Å². The number of aromatic nitrogens is 7. The van der Waals surface area contributed by atoms with E-state index in [1.807, 2.05) is 0 Å². The maximum atomic E-state index is 13.2. The van der Waals surface area contributed by atoms with Gasteiger partial charge in [-0.2, -0.15) is 24.1 Å². The lowest BCUT2D eigenvalue weighted by Crippen LogP contribution is -2.12. The van der Waals surface area contributed by atoms with Gasteiger partial charge in [-0.3, -0.25) is 14.2 Å². The number of nitrogens with zero attached hydrogens (tertiary/aromatic N) is 7. The first-order chi connectivity index (χ1) is 17.9. The second kappa shape index (κ2) is 10.3. The highest BCUT2D eigenvalue weighted by molar-refractivity contribution is 9.09. The normalized spacial score (nSPS) is 11.3. The summed E-state index contributed by atoms with van der Waals surface area (Å²) in [5.41, 5.74) is 1.26. The Labute approximate surface area is 216 Å². The van der Waals surface area contributed by atoms with E-state index in [0.717, 1.165) is 5.33 Å². The molecule has 5 aromatic rings. The molecule has 0 saturated carbocycles. The molecule has 4 heterocycles. The van der Waals surface area contributed by atoms with Crippen LogP contribution in [0.25, 0.3) is 16.9 Å². The van der Waals surface area contributed by atoms with Crippen molar-refractivity contribution in [3.63, 3.8) is 0 Å². The Morgan fingerprint density at radius 3 is 2.86 bits per heavy atom. The van der Waals surface area contributed by atoms with Gasteiger partial charge in [0.2, 0.25) is 0 Å². The zero-order valence-electron chi connectivity index (χ0n) is 19.3. The van der Waals surface area contributed by atoms with Crippen LogP contribution in [-0.4, -0.2) is 52.0 Å². The summed E-state index contributed by atoms with van der Waals surface area (Å²) in [5, 5.41) is 16.2. The Bertz CT molecular complexity index is 1560. The Kier molecular flexibility index (Phi) is 6.81. The highest BCUT2D eigenvalue weighted by Crippen LogP contribution is 2.38. The number of halogens is 3. The van der Waals surface area contributed by atoms with Crippen molar-refractivity contribution in [2.24, 2.45) is 7.05 Å². The first kappa shape index (κ1) is 24.4. The van der Waals surface area contributed by atoms with Crippen molar-refractivity contribution in [2.75, 3.05) is 10.6 Å². The van der Waals surface area contributed by atoms with Crippen molar-refractivity contribution in [3.05, 3.63) is 67.0 Å². The van der Waals surface area contributed by atoms with E-state index in [1.165, 1.54) is 33.6 Å². The van der Waals surface area contributed by atoms with Gasteiger partial charge in [-0.1, -0.05) is 15.9 Å². The summed E-state index contributed by atoms with van der Waals surface area (Å²) in [4.78, 5) is 17.3. The summed E-state index contributed by atoms with van der Waals surface area (Å²) >= 11 is 3.35. The Hall–Kier alpha value is -4.33. The number of amides is 1. The number of hydrogen-bond donors (Lipinski definition) is 1. The molecule has 0 unspecified atom stereocenters. The first-order valence-corrected chi connectivity index (χ1v) is 12.0. The average Bonchev–Trinajstić information content (AvgIpc) is 3.58. The van der Waals surface area contributed by atoms with E-state index in [0.29, 0.717) is 23.7 Å². The Morgan fingerprint density at radius 2 is 2.05 bits per heavy atom. The highest BCUT2D eigenvalue weighted by atomic mass is 79.9. The maximum Gasteiger partial charge on any atom is 0.387 e. The largest absolute Gasteiger partial charge is 0.454 e. The number of benzene rings is 1. The van der Waals surface area contributed by atoms with Crippen molar-refractivity contribution in [3.8, 4) is 28.5 Å². The van der Waals surface area contributed by atoms with Crippen LogP contribution in [0.1, 0.15) is 10.4 Å². The lowest BCUT2D eigenvalue weighted by Gasteiger charge is -2.13. The van der Waals surface area contributed by atoms with Gasteiger partial charge in [0.25, 0.3) is 5.91 Å². The molecule has 0 fully saturated rings. The highest BCUT2D eigenvalue weighted by Gasteiger charge is 2.22. The molecular weight excluding hydrogens is 554 g/mol. The number of nitrogens with one attached hydrogen (secondary N) is 1. The fraction of sp³-hybridized carbons (Fsp3) is 0.174. The van der Waals surface area contributed by atoms with Crippen molar-refractivity contribution in [1.29, 1.82) is 0 Å². The number of anilines is 1. The summed E-state index contributed by atoms with van der Waals surface area (Å²) in [6.07, 6.45) is 9.41. The van der Waals surface area contributed by atoms with E-state index in [2.05, 4.69) is 41.5 Å². The second-order valence-corrected chi connectivity index (χ2v) is 8.52. The number of aryl methyl sites for hydroxylation is 2. The summed E-state index contributed by atoms with van der Waals surface area (Å²) in [5.74, 6) is 0.171. The number of ether oxygens (including phenoxy) is 2. The van der Waals surface area contributed by atoms with Crippen molar-refractivity contribution < 1.29 is 23.0 Å². The summed E-state index contributed by atoms with van der Waals surface area (Å²) in [6, 6.07) is 6.05. The number of hydrogen-bond acceptors (Lipinski definition) is 7. The molecule has 0 saturated heterocycles. The van der Waals surface area contributed by atoms with Gasteiger partial charge in [-0.15, -0.1) is 0 Å². The van der Waals surface area contributed by atoms with E-state index in [1.54, 1.807) is 48.8 Å². The van der Waals surface area contributed by atoms with E-state index in [9.17, 15) is 13.6 Å². The molecule has 0 aliphatic carbocycles. The molecule has 190 valence electrons. The summed E-state index contributed by atoms with van der Waals surface area (Å²) < 4.78 is 41.7. The quantitative estimate of drug-likeness (QED) is 0.261. The van der Waals surface area contributed by atoms with Gasteiger partial charge in [0, 0.05) is 31.0 Å². The van der Waals surface area contributed by atoms with Crippen LogP contribution >= 0.6 is 15.9 Å².